The van der Waals surface area contributed by atoms with Crippen molar-refractivity contribution in [1.29, 1.82) is 0 Å². The number of ether oxygens (including phenoxy) is 1. The van der Waals surface area contributed by atoms with Crippen molar-refractivity contribution in [1.82, 2.24) is 9.80 Å². The minimum Gasteiger partial charge on any atom is -0.468 e. The van der Waals surface area contributed by atoms with Crippen molar-refractivity contribution in [3.8, 4) is 0 Å². The zero-order valence-electron chi connectivity index (χ0n) is 17.4. The Morgan fingerprint density at radius 3 is 2.59 bits per heavy atom. The zero-order chi connectivity index (χ0) is 20.9. The van der Waals surface area contributed by atoms with Gasteiger partial charge in [0.25, 0.3) is 0 Å². The molecule has 29 heavy (non-hydrogen) atoms. The van der Waals surface area contributed by atoms with E-state index in [2.05, 4.69) is 30.9 Å². The number of carbonyl (C=O) groups excluding carboxylic acids is 3. The van der Waals surface area contributed by atoms with E-state index >= 15 is 0 Å². The van der Waals surface area contributed by atoms with Crippen LogP contribution in [-0.4, -0.2) is 59.1 Å². The van der Waals surface area contributed by atoms with E-state index in [1.54, 1.807) is 0 Å². The molecular formula is C22H28N2O4S. The second kappa shape index (κ2) is 7.43. The van der Waals surface area contributed by atoms with Crippen molar-refractivity contribution in [3.63, 3.8) is 0 Å². The van der Waals surface area contributed by atoms with Crippen LogP contribution in [-0.2, 0) is 19.1 Å². The predicted molar refractivity (Wildman–Crippen MR) is 110 cm³/mol. The number of benzene rings is 1. The molecule has 2 amide bonds. The minimum absolute atomic E-state index is 0.194. The van der Waals surface area contributed by atoms with E-state index in [1.165, 1.54) is 24.0 Å². The zero-order valence-corrected chi connectivity index (χ0v) is 18.2. The standard InChI is InChI=1S/C22H28N2O4S/c1-5-13(2)29-15-9-7-14(8-10-15)18-16-17(20(26)23(3)19(16)25)22(21(27)28-4)11-6-12-24(18)22/h7-10,13,16-18H,5-6,11-12H2,1-4H3/t13?,16-,17-,18+,22-/m0/s1. The number of amides is 2. The molecule has 3 saturated heterocycles. The van der Waals surface area contributed by atoms with Crippen LogP contribution in [0, 0.1) is 11.8 Å². The summed E-state index contributed by atoms with van der Waals surface area (Å²) in [4.78, 5) is 43.5. The van der Waals surface area contributed by atoms with Gasteiger partial charge in [-0.2, -0.15) is 0 Å². The molecule has 1 unspecified atom stereocenters. The summed E-state index contributed by atoms with van der Waals surface area (Å²) in [6, 6.07) is 7.98. The van der Waals surface area contributed by atoms with Crippen LogP contribution < -0.4 is 0 Å². The van der Waals surface area contributed by atoms with E-state index in [0.717, 1.165) is 18.4 Å². The SMILES string of the molecule is CCC(C)Sc1ccc([C@@H]2[C@H]3C(=O)N(C)C(=O)[C@H]3[C@]3(C(=O)OC)CCCN23)cc1. The number of carbonyl (C=O) groups is 3. The molecule has 0 bridgehead atoms. The predicted octanol–water partition coefficient (Wildman–Crippen LogP) is 2.87. The molecule has 3 heterocycles. The van der Waals surface area contributed by atoms with Gasteiger partial charge in [-0.15, -0.1) is 11.8 Å². The van der Waals surface area contributed by atoms with Crippen molar-refractivity contribution < 1.29 is 19.1 Å². The number of fused-ring (bicyclic) bond motifs is 3. The molecule has 0 radical (unpaired) electrons. The summed E-state index contributed by atoms with van der Waals surface area (Å²) in [5.74, 6) is -2.06. The largest absolute Gasteiger partial charge is 0.468 e. The summed E-state index contributed by atoms with van der Waals surface area (Å²) in [5.41, 5.74) is -0.0521. The summed E-state index contributed by atoms with van der Waals surface area (Å²) in [5, 5.41) is 0.532. The molecule has 3 aliphatic heterocycles. The van der Waals surface area contributed by atoms with Gasteiger partial charge in [-0.1, -0.05) is 26.0 Å². The lowest BCUT2D eigenvalue weighted by atomic mass is 9.77. The summed E-state index contributed by atoms with van der Waals surface area (Å²) in [6.07, 6.45) is 2.45. The summed E-state index contributed by atoms with van der Waals surface area (Å²) < 4.78 is 5.16. The highest BCUT2D eigenvalue weighted by Gasteiger charge is 2.72. The molecule has 0 N–H and O–H groups in total. The molecule has 0 saturated carbocycles. The molecule has 6 nitrogen and oxygen atoms in total. The Kier molecular flexibility index (Phi) is 5.23. The number of hydrogen-bond acceptors (Lipinski definition) is 6. The first-order chi connectivity index (χ1) is 13.9. The van der Waals surface area contributed by atoms with Gasteiger partial charge in [0.1, 0.15) is 5.54 Å². The second-order valence-corrected chi connectivity index (χ2v) is 9.81. The van der Waals surface area contributed by atoms with Crippen molar-refractivity contribution in [2.24, 2.45) is 11.8 Å². The van der Waals surface area contributed by atoms with E-state index in [4.69, 9.17) is 4.74 Å². The fourth-order valence-electron chi connectivity index (χ4n) is 5.40. The van der Waals surface area contributed by atoms with Crippen LogP contribution in [0.2, 0.25) is 0 Å². The maximum atomic E-state index is 13.0. The number of esters is 1. The molecule has 1 aromatic rings. The number of methoxy groups -OCH3 is 1. The Labute approximate surface area is 175 Å². The maximum absolute atomic E-state index is 13.0. The molecule has 3 fully saturated rings. The lowest BCUT2D eigenvalue weighted by Crippen LogP contribution is -2.54. The van der Waals surface area contributed by atoms with Crippen LogP contribution in [0.3, 0.4) is 0 Å². The van der Waals surface area contributed by atoms with Gasteiger partial charge in [-0.05, 0) is 43.5 Å². The van der Waals surface area contributed by atoms with Gasteiger partial charge < -0.3 is 4.74 Å². The van der Waals surface area contributed by atoms with E-state index in [0.29, 0.717) is 18.2 Å². The summed E-state index contributed by atoms with van der Waals surface area (Å²) in [6.45, 7) is 5.05. The number of hydrogen-bond donors (Lipinski definition) is 0. The van der Waals surface area contributed by atoms with Crippen LogP contribution in [0.4, 0.5) is 0 Å². The van der Waals surface area contributed by atoms with Crippen molar-refractivity contribution in [2.75, 3.05) is 20.7 Å². The van der Waals surface area contributed by atoms with E-state index < -0.39 is 23.3 Å². The average Bonchev–Trinajstić information content (AvgIpc) is 3.34. The number of imide groups is 1. The van der Waals surface area contributed by atoms with Gasteiger partial charge in [-0.3, -0.25) is 24.2 Å². The van der Waals surface area contributed by atoms with Crippen molar-refractivity contribution in [2.45, 2.75) is 54.8 Å². The monoisotopic (exact) mass is 416 g/mol. The lowest BCUT2D eigenvalue weighted by molar-refractivity contribution is -0.158. The van der Waals surface area contributed by atoms with Gasteiger partial charge >= 0.3 is 5.97 Å². The van der Waals surface area contributed by atoms with Crippen LogP contribution in [0.1, 0.15) is 44.7 Å². The van der Waals surface area contributed by atoms with E-state index in [9.17, 15) is 14.4 Å². The molecule has 7 heteroatoms. The lowest BCUT2D eigenvalue weighted by Gasteiger charge is -2.35. The highest BCUT2D eigenvalue weighted by molar-refractivity contribution is 7.99. The Morgan fingerprint density at radius 1 is 1.28 bits per heavy atom. The Morgan fingerprint density at radius 2 is 1.97 bits per heavy atom. The average molecular weight is 417 g/mol. The first-order valence-electron chi connectivity index (χ1n) is 10.3. The topological polar surface area (TPSA) is 66.9 Å². The number of likely N-dealkylation sites (tertiary alicyclic amines) is 1. The molecule has 0 aliphatic carbocycles. The smallest absolute Gasteiger partial charge is 0.327 e. The molecule has 1 aromatic carbocycles. The summed E-state index contributed by atoms with van der Waals surface area (Å²) >= 11 is 1.83. The highest BCUT2D eigenvalue weighted by Crippen LogP contribution is 2.59. The summed E-state index contributed by atoms with van der Waals surface area (Å²) in [7, 11) is 2.89. The highest BCUT2D eigenvalue weighted by atomic mass is 32.2. The number of nitrogens with zero attached hydrogens (tertiary/aromatic N) is 2. The van der Waals surface area contributed by atoms with Crippen LogP contribution >= 0.6 is 11.8 Å². The van der Waals surface area contributed by atoms with Crippen LogP contribution in [0.5, 0.6) is 0 Å². The van der Waals surface area contributed by atoms with Gasteiger partial charge in [0.2, 0.25) is 11.8 Å². The Bertz CT molecular complexity index is 842. The minimum atomic E-state index is -1.04. The fraction of sp³-hybridized carbons (Fsp3) is 0.591. The van der Waals surface area contributed by atoms with E-state index in [1.807, 2.05) is 23.9 Å². The van der Waals surface area contributed by atoms with Crippen molar-refractivity contribution >= 4 is 29.5 Å². The molecule has 0 aromatic heterocycles. The first kappa shape index (κ1) is 20.4. The van der Waals surface area contributed by atoms with Crippen LogP contribution in [0.15, 0.2) is 29.2 Å². The second-order valence-electron chi connectivity index (χ2n) is 8.30. The molecule has 3 aliphatic rings. The molecule has 0 spiro atoms. The number of rotatable bonds is 5. The van der Waals surface area contributed by atoms with Gasteiger partial charge in [0, 0.05) is 23.2 Å². The number of thioether (sulfide) groups is 1. The molecule has 4 rings (SSSR count). The van der Waals surface area contributed by atoms with E-state index in [-0.39, 0.29) is 17.9 Å². The molecule has 156 valence electrons. The normalized spacial score (nSPS) is 32.4. The third-order valence-corrected chi connectivity index (χ3v) is 8.18. The molecular weight excluding hydrogens is 388 g/mol. The third-order valence-electron chi connectivity index (χ3n) is 6.90. The third kappa shape index (κ3) is 2.85. The van der Waals surface area contributed by atoms with Crippen molar-refractivity contribution in [3.05, 3.63) is 29.8 Å². The Hall–Kier alpha value is -1.86. The Balaban J connectivity index is 1.76. The van der Waals surface area contributed by atoms with Gasteiger partial charge in [-0.25, -0.2) is 0 Å². The molecule has 5 atom stereocenters. The fourth-order valence-corrected chi connectivity index (χ4v) is 6.33. The quantitative estimate of drug-likeness (QED) is 0.418. The first-order valence-corrected chi connectivity index (χ1v) is 11.2. The van der Waals surface area contributed by atoms with Crippen LogP contribution in [0.25, 0.3) is 0 Å². The van der Waals surface area contributed by atoms with Gasteiger partial charge in [0.05, 0.1) is 18.9 Å². The van der Waals surface area contributed by atoms with Gasteiger partial charge in [0.15, 0.2) is 0 Å². The maximum Gasteiger partial charge on any atom is 0.327 e.